The van der Waals surface area contributed by atoms with Crippen molar-refractivity contribution in [3.63, 3.8) is 0 Å². The van der Waals surface area contributed by atoms with Crippen molar-refractivity contribution in [1.82, 2.24) is 20.4 Å². The van der Waals surface area contributed by atoms with Gasteiger partial charge in [0.25, 0.3) is 16.6 Å². The van der Waals surface area contributed by atoms with Gasteiger partial charge >= 0.3 is 0 Å². The van der Waals surface area contributed by atoms with Crippen molar-refractivity contribution in [1.29, 1.82) is 0 Å². The zero-order chi connectivity index (χ0) is 30.3. The zero-order valence-corrected chi connectivity index (χ0v) is 23.3. The number of anilines is 2. The molecule has 4 aromatic rings. The number of rotatable bonds is 9. The van der Waals surface area contributed by atoms with Crippen molar-refractivity contribution in [2.45, 2.75) is 42.4 Å². The van der Waals surface area contributed by atoms with Gasteiger partial charge < -0.3 is 5.32 Å². The Kier molecular flexibility index (Phi) is 8.90. The lowest BCUT2D eigenvalue weighted by atomic mass is 9.99. The molecular weight excluding hydrogens is 576 g/mol. The highest BCUT2D eigenvalue weighted by Crippen LogP contribution is 2.42. The van der Waals surface area contributed by atoms with Crippen LogP contribution in [-0.4, -0.2) is 41.4 Å². The van der Waals surface area contributed by atoms with Crippen LogP contribution in [0.3, 0.4) is 0 Å². The summed E-state index contributed by atoms with van der Waals surface area (Å²) in [5, 5.41) is 43.6. The van der Waals surface area contributed by atoms with Crippen molar-refractivity contribution in [2.75, 3.05) is 10.6 Å². The lowest BCUT2D eigenvalue weighted by Crippen LogP contribution is -2.16. The highest BCUT2D eigenvalue weighted by Gasteiger charge is 2.29. The Morgan fingerprint density at radius 3 is 1.93 bits per heavy atom. The molecule has 2 atom stereocenters. The summed E-state index contributed by atoms with van der Waals surface area (Å²) in [4.78, 5) is 46.0. The first-order valence-electron chi connectivity index (χ1n) is 13.2. The molecule has 1 aliphatic carbocycles. The summed E-state index contributed by atoms with van der Waals surface area (Å²) in [6, 6.07) is 18.7. The molecule has 15 heteroatoms. The number of hydrogen-bond acceptors (Lipinski definition) is 11. The Labute approximate surface area is 248 Å². The average Bonchev–Trinajstić information content (AvgIpc) is 3.48. The van der Waals surface area contributed by atoms with Crippen LogP contribution < -0.4 is 10.6 Å². The molecule has 0 bridgehead atoms. The minimum Gasteiger partial charge on any atom is -0.309 e. The van der Waals surface area contributed by atoms with Gasteiger partial charge in [0.15, 0.2) is 11.6 Å². The molecule has 0 spiro atoms. The second-order valence-corrected chi connectivity index (χ2v) is 10.9. The van der Waals surface area contributed by atoms with E-state index in [9.17, 15) is 29.8 Å². The van der Waals surface area contributed by atoms with Gasteiger partial charge in [0, 0.05) is 41.0 Å². The number of nitro benzene ring substituents is 2. The Morgan fingerprint density at radius 2 is 1.35 bits per heavy atom. The summed E-state index contributed by atoms with van der Waals surface area (Å²) >= 11 is 0.822. The molecule has 43 heavy (non-hydrogen) atoms. The molecule has 2 aromatic heterocycles. The summed E-state index contributed by atoms with van der Waals surface area (Å²) in [7, 11) is 0. The van der Waals surface area contributed by atoms with Crippen molar-refractivity contribution in [2.24, 2.45) is 0 Å². The van der Waals surface area contributed by atoms with E-state index in [0.717, 1.165) is 42.4 Å². The van der Waals surface area contributed by atoms with Gasteiger partial charge in [-0.2, -0.15) is 10.2 Å². The predicted molar refractivity (Wildman–Crippen MR) is 157 cm³/mol. The zero-order valence-electron chi connectivity index (χ0n) is 22.5. The topological polar surface area (TPSA) is 196 Å². The van der Waals surface area contributed by atoms with Gasteiger partial charge in [-0.3, -0.25) is 35.1 Å². The molecule has 2 amide bonds. The first-order valence-corrected chi connectivity index (χ1v) is 14.0. The lowest BCUT2D eigenvalue weighted by Gasteiger charge is -2.11. The monoisotopic (exact) mass is 600 g/mol. The summed E-state index contributed by atoms with van der Waals surface area (Å²) in [6.45, 7) is 0. The highest BCUT2D eigenvalue weighted by atomic mass is 32.2. The fourth-order valence-electron chi connectivity index (χ4n) is 4.82. The number of benzene rings is 2. The van der Waals surface area contributed by atoms with Crippen LogP contribution in [0.4, 0.5) is 27.8 Å². The van der Waals surface area contributed by atoms with E-state index in [-0.39, 0.29) is 41.4 Å². The van der Waals surface area contributed by atoms with Gasteiger partial charge in [0.2, 0.25) is 5.91 Å². The van der Waals surface area contributed by atoms with Crippen LogP contribution in [0.5, 0.6) is 0 Å². The number of carbonyl (C=O) groups is 2. The van der Waals surface area contributed by atoms with Gasteiger partial charge in [-0.05, 0) is 66.9 Å². The summed E-state index contributed by atoms with van der Waals surface area (Å²) in [5.41, 5.74) is 1.94. The minimum absolute atomic E-state index is 0.0322. The van der Waals surface area contributed by atoms with E-state index in [0.29, 0.717) is 16.3 Å². The number of hydrogen-bond donors (Lipinski definition) is 2. The highest BCUT2D eigenvalue weighted by molar-refractivity contribution is 8.13. The third-order valence-corrected chi connectivity index (χ3v) is 7.64. The van der Waals surface area contributed by atoms with Crippen LogP contribution in [0.25, 0.3) is 0 Å². The molecule has 5 rings (SSSR count). The first kappa shape index (κ1) is 29.2. The van der Waals surface area contributed by atoms with Crippen molar-refractivity contribution in [3.05, 3.63) is 110 Å². The molecule has 2 unspecified atom stereocenters. The fourth-order valence-corrected chi connectivity index (χ4v) is 5.52. The molecule has 218 valence electrons. The van der Waals surface area contributed by atoms with Crippen molar-refractivity contribution >= 4 is 45.9 Å². The molecule has 1 saturated carbocycles. The standard InChI is InChI=1S/C28H24N8O6S/c37-27(14-17-3-1-4-20(13-17)35(39)40)29-25-11-9-23(31-33-25)18-7-8-19(15-18)24-10-12-26(34-32-24)30-28(38)43-22-6-2-5-21(16-22)36(41)42/h1-6,9-13,16,18-19H,7-8,14-15H2,(H,29,33,37)(H,30,34,38). The van der Waals surface area contributed by atoms with E-state index in [2.05, 4.69) is 31.0 Å². The van der Waals surface area contributed by atoms with Crippen LogP contribution >= 0.6 is 11.8 Å². The van der Waals surface area contributed by atoms with E-state index in [4.69, 9.17) is 0 Å². The molecule has 0 saturated heterocycles. The lowest BCUT2D eigenvalue weighted by molar-refractivity contribution is -0.385. The molecule has 2 heterocycles. The Hall–Kier alpha value is -5.31. The second kappa shape index (κ2) is 13.1. The molecule has 0 aliphatic heterocycles. The number of non-ortho nitro benzene ring substituents is 2. The van der Waals surface area contributed by atoms with Crippen LogP contribution in [0.15, 0.2) is 77.7 Å². The van der Waals surface area contributed by atoms with Crippen molar-refractivity contribution in [3.8, 4) is 0 Å². The number of carbonyl (C=O) groups excluding carboxylic acids is 2. The summed E-state index contributed by atoms with van der Waals surface area (Å²) in [6.07, 6.45) is 2.50. The SMILES string of the molecule is O=C(Cc1cccc([N+](=O)[O-])c1)Nc1ccc(C2CCC(c3ccc(NC(=O)Sc4cccc([N+](=O)[O-])c4)nn3)C2)nn1. The van der Waals surface area contributed by atoms with Crippen LogP contribution in [0, 0.1) is 20.2 Å². The van der Waals surface area contributed by atoms with E-state index in [1.165, 1.54) is 36.4 Å². The molecule has 0 radical (unpaired) electrons. The maximum absolute atomic E-state index is 12.4. The summed E-state index contributed by atoms with van der Waals surface area (Å²) in [5.74, 6) is 0.512. The first-order chi connectivity index (χ1) is 20.7. The maximum atomic E-state index is 12.4. The minimum atomic E-state index is -0.519. The average molecular weight is 601 g/mol. The van der Waals surface area contributed by atoms with Gasteiger partial charge in [-0.15, -0.1) is 10.2 Å². The van der Waals surface area contributed by atoms with E-state index < -0.39 is 15.1 Å². The van der Waals surface area contributed by atoms with Gasteiger partial charge in [-0.1, -0.05) is 18.2 Å². The van der Waals surface area contributed by atoms with Crippen LogP contribution in [-0.2, 0) is 11.2 Å². The van der Waals surface area contributed by atoms with E-state index >= 15 is 0 Å². The largest absolute Gasteiger partial charge is 0.309 e. The molecule has 2 N–H and O–H groups in total. The quantitative estimate of drug-likeness (QED) is 0.137. The smallest absolute Gasteiger partial charge is 0.289 e. The maximum Gasteiger partial charge on any atom is 0.289 e. The normalized spacial score (nSPS) is 15.9. The second-order valence-electron chi connectivity index (χ2n) is 9.81. The molecule has 1 fully saturated rings. The number of nitrogens with one attached hydrogen (secondary N) is 2. The van der Waals surface area contributed by atoms with Crippen LogP contribution in [0.2, 0.25) is 0 Å². The number of thioether (sulfide) groups is 1. The number of aromatic nitrogens is 4. The fraction of sp³-hybridized carbons (Fsp3) is 0.214. The van der Waals surface area contributed by atoms with Gasteiger partial charge in [0.1, 0.15) is 0 Å². The summed E-state index contributed by atoms with van der Waals surface area (Å²) < 4.78 is 0. The van der Waals surface area contributed by atoms with Crippen molar-refractivity contribution < 1.29 is 19.4 Å². The number of nitro groups is 2. The Bertz CT molecular complexity index is 1550. The van der Waals surface area contributed by atoms with Crippen LogP contribution in [0.1, 0.15) is 48.0 Å². The predicted octanol–water partition coefficient (Wildman–Crippen LogP) is 5.64. The van der Waals surface area contributed by atoms with E-state index in [1.807, 2.05) is 12.1 Å². The molecule has 1 aliphatic rings. The third-order valence-electron chi connectivity index (χ3n) is 6.86. The molecule has 2 aromatic carbocycles. The third kappa shape index (κ3) is 7.71. The number of amides is 2. The Balaban J connectivity index is 1.11. The number of nitrogens with zero attached hydrogens (tertiary/aromatic N) is 6. The van der Waals surface area contributed by atoms with Gasteiger partial charge in [-0.25, -0.2) is 0 Å². The Morgan fingerprint density at radius 1 is 0.767 bits per heavy atom. The van der Waals surface area contributed by atoms with E-state index in [1.54, 1.807) is 24.3 Å². The molecular formula is C28H24N8O6S. The van der Waals surface area contributed by atoms with Gasteiger partial charge in [0.05, 0.1) is 27.7 Å². The molecule has 14 nitrogen and oxygen atoms in total.